The van der Waals surface area contributed by atoms with E-state index in [1.165, 1.54) is 6.07 Å². The molecule has 2 heterocycles. The third kappa shape index (κ3) is 2.87. The monoisotopic (exact) mass is 378 g/mol. The molecule has 0 amide bonds. The summed E-state index contributed by atoms with van der Waals surface area (Å²) >= 11 is 0. The number of rotatable bonds is 4. The van der Waals surface area contributed by atoms with Crippen LogP contribution in [0.3, 0.4) is 0 Å². The van der Waals surface area contributed by atoms with Gasteiger partial charge in [-0.15, -0.1) is 0 Å². The van der Waals surface area contributed by atoms with Gasteiger partial charge >= 0.3 is 12.1 Å². The summed E-state index contributed by atoms with van der Waals surface area (Å²) in [6.07, 6.45) is -2.23. The maximum absolute atomic E-state index is 12.9. The maximum atomic E-state index is 12.9. The number of nitrogens with zero attached hydrogens (tertiary/aromatic N) is 3. The van der Waals surface area contributed by atoms with Crippen LogP contribution in [0.2, 0.25) is 0 Å². The molecule has 0 radical (unpaired) electrons. The largest absolute Gasteiger partial charge is 0.454 e. The van der Waals surface area contributed by atoms with Gasteiger partial charge in [0.2, 0.25) is 0 Å². The Morgan fingerprint density at radius 1 is 1.33 bits per heavy atom. The first-order valence-corrected chi connectivity index (χ1v) is 8.47. The van der Waals surface area contributed by atoms with Crippen LogP contribution >= 0.6 is 0 Å². The summed E-state index contributed by atoms with van der Waals surface area (Å²) in [5.41, 5.74) is -0.0192. The number of aryl methyl sites for hydroxylation is 1. The number of benzene rings is 1. The number of aromatic nitrogens is 4. The molecule has 4 rings (SSSR count). The van der Waals surface area contributed by atoms with Crippen molar-refractivity contribution in [3.8, 4) is 0 Å². The van der Waals surface area contributed by atoms with Gasteiger partial charge in [0.15, 0.2) is 11.9 Å². The Morgan fingerprint density at radius 2 is 2.07 bits per heavy atom. The van der Waals surface area contributed by atoms with Crippen LogP contribution in [0.1, 0.15) is 43.0 Å². The minimum absolute atomic E-state index is 0.208. The lowest BCUT2D eigenvalue weighted by Crippen LogP contribution is -2.25. The highest BCUT2D eigenvalue weighted by Gasteiger charge is 2.54. The molecule has 142 valence electrons. The lowest BCUT2D eigenvalue weighted by Gasteiger charge is -2.17. The zero-order valence-electron chi connectivity index (χ0n) is 14.7. The molecule has 0 aliphatic heterocycles. The number of fused-ring (bicyclic) bond motifs is 1. The smallest absolute Gasteiger partial charge is 0.416 e. The first kappa shape index (κ1) is 17.6. The van der Waals surface area contributed by atoms with Gasteiger partial charge < -0.3 is 9.30 Å². The number of esters is 1. The van der Waals surface area contributed by atoms with Crippen molar-refractivity contribution >= 4 is 17.0 Å². The van der Waals surface area contributed by atoms with Gasteiger partial charge in [-0.05, 0) is 44.0 Å². The van der Waals surface area contributed by atoms with Crippen LogP contribution < -0.4 is 0 Å². The average Bonchev–Trinajstić information content (AvgIpc) is 3.09. The van der Waals surface area contributed by atoms with Crippen molar-refractivity contribution in [1.82, 2.24) is 19.7 Å². The van der Waals surface area contributed by atoms with Crippen molar-refractivity contribution in [3.63, 3.8) is 0 Å². The van der Waals surface area contributed by atoms with Crippen LogP contribution in [0.5, 0.6) is 0 Å². The molecule has 1 saturated carbocycles. The lowest BCUT2D eigenvalue weighted by atomic mass is 10.0. The van der Waals surface area contributed by atoms with E-state index in [9.17, 15) is 18.0 Å². The van der Waals surface area contributed by atoms with Crippen molar-refractivity contribution in [2.24, 2.45) is 7.05 Å². The average molecular weight is 378 g/mol. The quantitative estimate of drug-likeness (QED) is 0.704. The summed E-state index contributed by atoms with van der Waals surface area (Å²) in [6, 6.07) is 5.13. The van der Waals surface area contributed by atoms with Crippen LogP contribution in [-0.2, 0) is 28.2 Å². The molecule has 1 aliphatic rings. The van der Waals surface area contributed by atoms with Gasteiger partial charge in [-0.3, -0.25) is 9.89 Å². The van der Waals surface area contributed by atoms with Gasteiger partial charge in [-0.25, -0.2) is 4.98 Å². The fourth-order valence-electron chi connectivity index (χ4n) is 3.32. The predicted molar refractivity (Wildman–Crippen MR) is 89.7 cm³/mol. The number of carbonyl (C=O) groups excluding carboxylic acids is 1. The highest BCUT2D eigenvalue weighted by molar-refractivity contribution is 5.86. The second-order valence-electron chi connectivity index (χ2n) is 6.83. The summed E-state index contributed by atoms with van der Waals surface area (Å²) in [5.74, 6) is 0.000344. The van der Waals surface area contributed by atoms with Crippen molar-refractivity contribution in [2.45, 2.75) is 37.5 Å². The fraction of sp³-hybridized carbons (Fsp3) is 0.389. The Labute approximate surface area is 152 Å². The number of nitrogens with one attached hydrogen (secondary N) is 1. The van der Waals surface area contributed by atoms with E-state index in [0.29, 0.717) is 29.9 Å². The fourth-order valence-corrected chi connectivity index (χ4v) is 3.32. The summed E-state index contributed by atoms with van der Waals surface area (Å²) < 4.78 is 46.0. The summed E-state index contributed by atoms with van der Waals surface area (Å²) in [7, 11) is 1.68. The minimum atomic E-state index is -4.44. The van der Waals surface area contributed by atoms with Gasteiger partial charge in [0.25, 0.3) is 0 Å². The van der Waals surface area contributed by atoms with E-state index in [0.717, 1.165) is 12.1 Å². The Bertz CT molecular complexity index is 1000. The van der Waals surface area contributed by atoms with Crippen molar-refractivity contribution in [3.05, 3.63) is 47.5 Å². The van der Waals surface area contributed by atoms with E-state index in [-0.39, 0.29) is 11.5 Å². The van der Waals surface area contributed by atoms with E-state index in [4.69, 9.17) is 4.74 Å². The zero-order valence-corrected chi connectivity index (χ0v) is 14.7. The van der Waals surface area contributed by atoms with Gasteiger partial charge in [0.05, 0.1) is 22.3 Å². The zero-order chi connectivity index (χ0) is 19.4. The number of hydrogen-bond donors (Lipinski definition) is 1. The topological polar surface area (TPSA) is 72.8 Å². The predicted octanol–water partition coefficient (Wildman–Crippen LogP) is 3.65. The van der Waals surface area contributed by atoms with Crippen LogP contribution in [0.15, 0.2) is 30.5 Å². The highest BCUT2D eigenvalue weighted by atomic mass is 19.4. The number of imidazole rings is 1. The molecule has 1 aliphatic carbocycles. The number of alkyl halides is 3. The van der Waals surface area contributed by atoms with Crippen molar-refractivity contribution < 1.29 is 22.7 Å². The Balaban J connectivity index is 1.60. The van der Waals surface area contributed by atoms with Gasteiger partial charge in [-0.2, -0.15) is 18.3 Å². The molecule has 1 fully saturated rings. The van der Waals surface area contributed by atoms with Gasteiger partial charge in [-0.1, -0.05) is 0 Å². The highest BCUT2D eigenvalue weighted by Crippen LogP contribution is 2.49. The third-order valence-electron chi connectivity index (χ3n) is 5.05. The number of ether oxygens (including phenoxy) is 1. The van der Waals surface area contributed by atoms with Gasteiger partial charge in [0, 0.05) is 13.2 Å². The molecule has 9 heteroatoms. The molecule has 1 N–H and O–H groups in total. The minimum Gasteiger partial charge on any atom is -0.454 e. The third-order valence-corrected chi connectivity index (χ3v) is 5.05. The molecule has 27 heavy (non-hydrogen) atoms. The van der Waals surface area contributed by atoms with E-state index >= 15 is 0 Å². The van der Waals surface area contributed by atoms with Crippen LogP contribution in [0.25, 0.3) is 11.0 Å². The molecule has 2 aromatic heterocycles. The molecule has 1 unspecified atom stereocenters. The van der Waals surface area contributed by atoms with E-state index in [2.05, 4.69) is 15.2 Å². The number of aromatic amines is 1. The summed E-state index contributed by atoms with van der Waals surface area (Å²) in [4.78, 5) is 16.9. The van der Waals surface area contributed by atoms with Crippen LogP contribution in [-0.4, -0.2) is 25.7 Å². The Kier molecular flexibility index (Phi) is 3.79. The summed E-state index contributed by atoms with van der Waals surface area (Å²) in [5, 5.41) is 6.69. The summed E-state index contributed by atoms with van der Waals surface area (Å²) in [6.45, 7) is 1.66. The Morgan fingerprint density at radius 3 is 2.67 bits per heavy atom. The molecule has 1 atom stereocenters. The molecule has 0 bridgehead atoms. The van der Waals surface area contributed by atoms with Crippen molar-refractivity contribution in [1.29, 1.82) is 0 Å². The molecule has 6 nitrogen and oxygen atoms in total. The standard InChI is InChI=1S/C18H17F3N4O2/c1-10(27-16(26)17(6-7-17)14-5-8-22-24-14)15-23-12-9-11(18(19,20)21)3-4-13(12)25(15)2/h3-5,8-10H,6-7H2,1-2H3,(H,22,24). The molecule has 1 aromatic carbocycles. The Hall–Kier alpha value is -2.84. The first-order chi connectivity index (χ1) is 12.7. The molecular weight excluding hydrogens is 361 g/mol. The van der Waals surface area contributed by atoms with E-state index < -0.39 is 23.3 Å². The normalized spacial score (nSPS) is 17.1. The van der Waals surface area contributed by atoms with Crippen molar-refractivity contribution in [2.75, 3.05) is 0 Å². The number of carbonyl (C=O) groups is 1. The maximum Gasteiger partial charge on any atom is 0.416 e. The molecular formula is C18H17F3N4O2. The van der Waals surface area contributed by atoms with E-state index in [1.807, 2.05) is 0 Å². The lowest BCUT2D eigenvalue weighted by molar-refractivity contribution is -0.152. The number of H-pyrrole nitrogens is 1. The second-order valence-corrected chi connectivity index (χ2v) is 6.83. The van der Waals surface area contributed by atoms with E-state index in [1.54, 1.807) is 30.8 Å². The van der Waals surface area contributed by atoms with Crippen LogP contribution in [0, 0.1) is 0 Å². The number of hydrogen-bond acceptors (Lipinski definition) is 4. The van der Waals surface area contributed by atoms with Crippen LogP contribution in [0.4, 0.5) is 13.2 Å². The first-order valence-electron chi connectivity index (χ1n) is 8.47. The number of halogens is 3. The molecule has 3 aromatic rings. The second kappa shape index (κ2) is 5.83. The molecule has 0 spiro atoms. The van der Waals surface area contributed by atoms with Gasteiger partial charge in [0.1, 0.15) is 5.41 Å². The SMILES string of the molecule is CC(OC(=O)C1(c2ccn[nH]2)CC1)c1nc2cc(C(F)(F)F)ccc2n1C. The molecule has 0 saturated heterocycles.